The third kappa shape index (κ3) is 4.17. The minimum atomic E-state index is -4.23. The molecule has 0 amide bonds. The standard InChI is InChI=1S/C12H16BrF3N2/c1-3-18(7-12(14,15)16)11-6-9(13)4-5-10(11)8(2)17/h4-6,8H,3,7,17H2,1-2H3. The molecule has 0 aliphatic heterocycles. The summed E-state index contributed by atoms with van der Waals surface area (Å²) < 4.78 is 38.3. The fourth-order valence-electron chi connectivity index (χ4n) is 1.76. The molecule has 1 atom stereocenters. The van der Waals surface area contributed by atoms with Crippen LogP contribution in [0.25, 0.3) is 0 Å². The second kappa shape index (κ2) is 5.93. The number of halogens is 4. The zero-order valence-corrected chi connectivity index (χ0v) is 11.8. The molecule has 0 heterocycles. The van der Waals surface area contributed by atoms with Crippen molar-refractivity contribution in [1.82, 2.24) is 0 Å². The van der Waals surface area contributed by atoms with Crippen molar-refractivity contribution in [3.63, 3.8) is 0 Å². The molecule has 0 saturated heterocycles. The van der Waals surface area contributed by atoms with Gasteiger partial charge in [-0.1, -0.05) is 22.0 Å². The lowest BCUT2D eigenvalue weighted by Gasteiger charge is -2.28. The summed E-state index contributed by atoms with van der Waals surface area (Å²) in [7, 11) is 0. The van der Waals surface area contributed by atoms with Crippen molar-refractivity contribution >= 4 is 21.6 Å². The van der Waals surface area contributed by atoms with E-state index in [1.54, 1.807) is 32.0 Å². The normalized spacial score (nSPS) is 13.5. The minimum absolute atomic E-state index is 0.273. The fourth-order valence-corrected chi connectivity index (χ4v) is 2.11. The number of alkyl halides is 3. The summed E-state index contributed by atoms with van der Waals surface area (Å²) in [6.45, 7) is 2.75. The van der Waals surface area contributed by atoms with Crippen LogP contribution in [-0.2, 0) is 0 Å². The van der Waals surface area contributed by atoms with Crippen molar-refractivity contribution in [2.75, 3.05) is 18.0 Å². The average molecular weight is 325 g/mol. The van der Waals surface area contributed by atoms with Crippen molar-refractivity contribution in [2.45, 2.75) is 26.1 Å². The lowest BCUT2D eigenvalue weighted by Crippen LogP contribution is -2.35. The molecule has 6 heteroatoms. The first-order valence-corrected chi connectivity index (χ1v) is 6.40. The van der Waals surface area contributed by atoms with Gasteiger partial charge in [-0.2, -0.15) is 13.2 Å². The van der Waals surface area contributed by atoms with Crippen LogP contribution in [0.2, 0.25) is 0 Å². The number of rotatable bonds is 4. The number of nitrogens with zero attached hydrogens (tertiary/aromatic N) is 1. The molecule has 2 N–H and O–H groups in total. The summed E-state index contributed by atoms with van der Waals surface area (Å²) in [4.78, 5) is 1.28. The highest BCUT2D eigenvalue weighted by molar-refractivity contribution is 9.10. The third-order valence-corrected chi connectivity index (χ3v) is 3.07. The van der Waals surface area contributed by atoms with Crippen molar-refractivity contribution in [2.24, 2.45) is 5.73 Å². The minimum Gasteiger partial charge on any atom is -0.363 e. The highest BCUT2D eigenvalue weighted by Gasteiger charge is 2.31. The van der Waals surface area contributed by atoms with Crippen molar-refractivity contribution < 1.29 is 13.2 Å². The Morgan fingerprint density at radius 3 is 2.44 bits per heavy atom. The van der Waals surface area contributed by atoms with Crippen LogP contribution in [0.4, 0.5) is 18.9 Å². The molecular formula is C12H16BrF3N2. The highest BCUT2D eigenvalue weighted by Crippen LogP contribution is 2.30. The topological polar surface area (TPSA) is 29.3 Å². The van der Waals surface area contributed by atoms with Crippen LogP contribution in [0.5, 0.6) is 0 Å². The number of nitrogens with two attached hydrogens (primary N) is 1. The largest absolute Gasteiger partial charge is 0.405 e. The maximum absolute atomic E-state index is 12.5. The summed E-state index contributed by atoms with van der Waals surface area (Å²) in [5.74, 6) is 0. The summed E-state index contributed by atoms with van der Waals surface area (Å²) >= 11 is 3.27. The number of hydrogen-bond donors (Lipinski definition) is 1. The third-order valence-electron chi connectivity index (χ3n) is 2.58. The molecule has 18 heavy (non-hydrogen) atoms. The summed E-state index contributed by atoms with van der Waals surface area (Å²) in [6, 6.07) is 4.90. The van der Waals surface area contributed by atoms with Crippen molar-refractivity contribution in [3.05, 3.63) is 28.2 Å². The molecule has 0 aromatic heterocycles. The fraction of sp³-hybridized carbons (Fsp3) is 0.500. The number of benzene rings is 1. The van der Waals surface area contributed by atoms with Crippen molar-refractivity contribution in [1.29, 1.82) is 0 Å². The van der Waals surface area contributed by atoms with E-state index in [4.69, 9.17) is 5.73 Å². The average Bonchev–Trinajstić information content (AvgIpc) is 2.24. The summed E-state index contributed by atoms with van der Waals surface area (Å²) in [5.41, 5.74) is 7.04. The molecular weight excluding hydrogens is 309 g/mol. The van der Waals surface area contributed by atoms with E-state index >= 15 is 0 Å². The molecule has 1 unspecified atom stereocenters. The predicted molar refractivity (Wildman–Crippen MR) is 70.7 cm³/mol. The van der Waals surface area contributed by atoms with Gasteiger partial charge in [0.2, 0.25) is 0 Å². The SMILES string of the molecule is CCN(CC(F)(F)F)c1cc(Br)ccc1C(C)N. The molecule has 0 saturated carbocycles. The molecule has 1 aromatic carbocycles. The molecule has 0 radical (unpaired) electrons. The van der Waals surface area contributed by atoms with Gasteiger partial charge in [-0.3, -0.25) is 0 Å². The van der Waals surface area contributed by atoms with Gasteiger partial charge in [0, 0.05) is 22.7 Å². The van der Waals surface area contributed by atoms with Crippen molar-refractivity contribution in [3.8, 4) is 0 Å². The first kappa shape index (κ1) is 15.3. The molecule has 0 bridgehead atoms. The van der Waals surface area contributed by atoms with Crippen LogP contribution >= 0.6 is 15.9 Å². The molecule has 0 aliphatic carbocycles. The van der Waals surface area contributed by atoms with E-state index in [2.05, 4.69) is 15.9 Å². The molecule has 2 nitrogen and oxygen atoms in total. The number of anilines is 1. The molecule has 1 rings (SSSR count). The Balaban J connectivity index is 3.15. The summed E-state index contributed by atoms with van der Waals surface area (Å²) in [5, 5.41) is 0. The molecule has 0 fully saturated rings. The van der Waals surface area contributed by atoms with E-state index in [-0.39, 0.29) is 12.6 Å². The monoisotopic (exact) mass is 324 g/mol. The lowest BCUT2D eigenvalue weighted by molar-refractivity contribution is -0.119. The quantitative estimate of drug-likeness (QED) is 0.911. The van der Waals surface area contributed by atoms with Gasteiger partial charge < -0.3 is 10.6 Å². The molecule has 1 aromatic rings. The van der Waals surface area contributed by atoms with Gasteiger partial charge in [-0.25, -0.2) is 0 Å². The van der Waals surface area contributed by atoms with E-state index in [1.165, 1.54) is 4.90 Å². The van der Waals surface area contributed by atoms with E-state index in [9.17, 15) is 13.2 Å². The molecule has 0 spiro atoms. The smallest absolute Gasteiger partial charge is 0.363 e. The van der Waals surface area contributed by atoms with Crippen LogP contribution in [0.3, 0.4) is 0 Å². The zero-order valence-electron chi connectivity index (χ0n) is 10.3. The highest BCUT2D eigenvalue weighted by atomic mass is 79.9. The van der Waals surface area contributed by atoms with Gasteiger partial charge in [-0.05, 0) is 31.5 Å². The van der Waals surface area contributed by atoms with Gasteiger partial charge in [0.1, 0.15) is 6.54 Å². The first-order chi connectivity index (χ1) is 8.24. The Hall–Kier alpha value is -0.750. The maximum Gasteiger partial charge on any atom is 0.405 e. The first-order valence-electron chi connectivity index (χ1n) is 5.61. The Labute approximate surface area is 113 Å². The number of hydrogen-bond acceptors (Lipinski definition) is 2. The van der Waals surface area contributed by atoms with Gasteiger partial charge in [0.25, 0.3) is 0 Å². The van der Waals surface area contributed by atoms with Gasteiger partial charge in [0.15, 0.2) is 0 Å². The maximum atomic E-state index is 12.5. The van der Waals surface area contributed by atoms with Gasteiger partial charge >= 0.3 is 6.18 Å². The van der Waals surface area contributed by atoms with E-state index in [0.717, 1.165) is 4.47 Å². The van der Waals surface area contributed by atoms with Crippen LogP contribution in [0.15, 0.2) is 22.7 Å². The van der Waals surface area contributed by atoms with Gasteiger partial charge in [0.05, 0.1) is 0 Å². The summed E-state index contributed by atoms with van der Waals surface area (Å²) in [6.07, 6.45) is -4.23. The van der Waals surface area contributed by atoms with Crippen LogP contribution in [0.1, 0.15) is 25.5 Å². The molecule has 102 valence electrons. The Kier molecular flexibility index (Phi) is 5.04. The lowest BCUT2D eigenvalue weighted by atomic mass is 10.1. The van der Waals surface area contributed by atoms with E-state index in [1.807, 2.05) is 0 Å². The van der Waals surface area contributed by atoms with Gasteiger partial charge in [-0.15, -0.1) is 0 Å². The van der Waals surface area contributed by atoms with Crippen LogP contribution in [-0.4, -0.2) is 19.3 Å². The van der Waals surface area contributed by atoms with E-state index < -0.39 is 12.7 Å². The van der Waals surface area contributed by atoms with Crippen LogP contribution < -0.4 is 10.6 Å². The predicted octanol–water partition coefficient (Wildman–Crippen LogP) is 3.86. The van der Waals surface area contributed by atoms with E-state index in [0.29, 0.717) is 11.3 Å². The van der Waals surface area contributed by atoms with Crippen LogP contribution in [0, 0.1) is 0 Å². The Morgan fingerprint density at radius 2 is 2.00 bits per heavy atom. The Morgan fingerprint density at radius 1 is 1.39 bits per heavy atom. The second-order valence-corrected chi connectivity index (χ2v) is 5.04. The molecule has 0 aliphatic rings. The Bertz CT molecular complexity index is 405. The zero-order chi connectivity index (χ0) is 13.9. The second-order valence-electron chi connectivity index (χ2n) is 4.12.